The summed E-state index contributed by atoms with van der Waals surface area (Å²) in [5, 5.41) is 4.09. The van der Waals surface area contributed by atoms with Gasteiger partial charge in [-0.25, -0.2) is 4.68 Å². The highest BCUT2D eigenvalue weighted by atomic mass is 16.4. The van der Waals surface area contributed by atoms with Crippen molar-refractivity contribution in [2.75, 3.05) is 0 Å². The van der Waals surface area contributed by atoms with Crippen molar-refractivity contribution in [3.8, 4) is 0 Å². The number of hydrogen-bond acceptors (Lipinski definition) is 4. The molecular formula is C13H15N3O2. The Bertz CT molecular complexity index is 638. The lowest BCUT2D eigenvalue weighted by Crippen LogP contribution is -2.13. The predicted octanol–water partition coefficient (Wildman–Crippen LogP) is 1.69. The molecule has 2 rings (SSSR count). The third kappa shape index (κ3) is 2.74. The number of ketones is 1. The van der Waals surface area contributed by atoms with Crippen LogP contribution >= 0.6 is 0 Å². The van der Waals surface area contributed by atoms with Gasteiger partial charge >= 0.3 is 5.68 Å². The summed E-state index contributed by atoms with van der Waals surface area (Å²) >= 11 is 0. The first-order valence-corrected chi connectivity index (χ1v) is 5.69. The van der Waals surface area contributed by atoms with Gasteiger partial charge in [-0.05, 0) is 18.6 Å². The lowest BCUT2D eigenvalue weighted by atomic mass is 10.1. The zero-order valence-electron chi connectivity index (χ0n) is 10.7. The maximum Gasteiger partial charge on any atom is 0.320 e. The summed E-state index contributed by atoms with van der Waals surface area (Å²) in [6.07, 6.45) is 0.372. The molecule has 0 bridgehead atoms. The first kappa shape index (κ1) is 12.3. The molecule has 2 aromatic rings. The van der Waals surface area contributed by atoms with E-state index in [2.05, 4.69) is 10.1 Å². The molecule has 5 heteroatoms. The highest BCUT2D eigenvalue weighted by molar-refractivity contribution is 5.79. The van der Waals surface area contributed by atoms with Crippen molar-refractivity contribution < 1.29 is 9.21 Å². The van der Waals surface area contributed by atoms with E-state index in [1.54, 1.807) is 25.6 Å². The number of carbonyl (C=O) groups excluding carboxylic acids is 1. The quantitative estimate of drug-likeness (QED) is 0.826. The summed E-state index contributed by atoms with van der Waals surface area (Å²) in [6, 6.07) is 7.52. The first-order chi connectivity index (χ1) is 8.56. The molecule has 0 aliphatic carbocycles. The molecule has 94 valence electrons. The van der Waals surface area contributed by atoms with Crippen LogP contribution in [0.25, 0.3) is 0 Å². The van der Waals surface area contributed by atoms with Crippen LogP contribution < -0.4 is 5.68 Å². The summed E-state index contributed by atoms with van der Waals surface area (Å²) in [5.41, 5.74) is 2.04. The number of benzene rings is 1. The zero-order valence-corrected chi connectivity index (χ0v) is 10.7. The van der Waals surface area contributed by atoms with Crippen LogP contribution in [-0.2, 0) is 18.3 Å². The van der Waals surface area contributed by atoms with Gasteiger partial charge in [-0.3, -0.25) is 4.79 Å². The van der Waals surface area contributed by atoms with Gasteiger partial charge < -0.3 is 4.42 Å². The molecule has 0 unspecified atom stereocenters. The minimum atomic E-state index is 0.107. The largest absolute Gasteiger partial charge is 0.408 e. The Hall–Kier alpha value is -2.17. The Morgan fingerprint density at radius 3 is 2.78 bits per heavy atom. The van der Waals surface area contributed by atoms with Crippen molar-refractivity contribution >= 4 is 11.5 Å². The summed E-state index contributed by atoms with van der Waals surface area (Å²) in [6.45, 7) is 3.33. The Morgan fingerprint density at radius 2 is 2.17 bits per heavy atom. The number of para-hydroxylation sites is 1. The number of hydrogen-bond donors (Lipinski definition) is 0. The molecule has 0 aliphatic heterocycles. The van der Waals surface area contributed by atoms with Crippen LogP contribution in [0.4, 0.5) is 5.69 Å². The summed E-state index contributed by atoms with van der Waals surface area (Å²) < 4.78 is 6.95. The fourth-order valence-corrected chi connectivity index (χ4v) is 1.71. The second kappa shape index (κ2) is 5.00. The molecule has 0 aliphatic rings. The van der Waals surface area contributed by atoms with Crippen molar-refractivity contribution in [3.05, 3.63) is 41.4 Å². The number of Topliss-reactive ketones (excluding diaryl/α,β-unsaturated/α-hetero) is 1. The van der Waals surface area contributed by atoms with Gasteiger partial charge in [0.1, 0.15) is 5.78 Å². The Balaban J connectivity index is 2.49. The molecule has 0 saturated heterocycles. The zero-order chi connectivity index (χ0) is 13.1. The van der Waals surface area contributed by atoms with E-state index in [4.69, 9.17) is 4.42 Å². The molecule has 1 aromatic heterocycles. The van der Waals surface area contributed by atoms with E-state index in [1.165, 1.54) is 0 Å². The van der Waals surface area contributed by atoms with E-state index >= 15 is 0 Å². The molecular weight excluding hydrogens is 230 g/mol. The maximum atomic E-state index is 11.2. The molecule has 0 saturated carbocycles. The van der Waals surface area contributed by atoms with E-state index in [9.17, 15) is 4.79 Å². The van der Waals surface area contributed by atoms with Crippen LogP contribution in [0.15, 0.2) is 33.7 Å². The molecule has 18 heavy (non-hydrogen) atoms. The summed E-state index contributed by atoms with van der Waals surface area (Å²) in [4.78, 5) is 15.6. The predicted molar refractivity (Wildman–Crippen MR) is 66.3 cm³/mol. The lowest BCUT2D eigenvalue weighted by molar-refractivity contribution is -0.116. The normalized spacial score (nSPS) is 11.8. The fraction of sp³-hybridized carbons (Fsp3) is 0.308. The molecule has 0 fully saturated rings. The van der Waals surface area contributed by atoms with Crippen molar-refractivity contribution in [3.63, 3.8) is 0 Å². The minimum Gasteiger partial charge on any atom is -0.408 e. The van der Waals surface area contributed by atoms with Crippen molar-refractivity contribution in [1.82, 2.24) is 9.78 Å². The van der Waals surface area contributed by atoms with Gasteiger partial charge in [0.15, 0.2) is 0 Å². The van der Waals surface area contributed by atoms with Gasteiger partial charge in [0.25, 0.3) is 0 Å². The molecule has 1 heterocycles. The Kier molecular flexibility index (Phi) is 3.41. The Morgan fingerprint density at radius 1 is 1.44 bits per heavy atom. The van der Waals surface area contributed by atoms with Crippen LogP contribution in [0, 0.1) is 6.92 Å². The van der Waals surface area contributed by atoms with E-state index in [1.807, 2.05) is 24.3 Å². The van der Waals surface area contributed by atoms with Crippen LogP contribution in [0.2, 0.25) is 0 Å². The second-order valence-corrected chi connectivity index (χ2v) is 4.15. The molecule has 0 amide bonds. The monoisotopic (exact) mass is 245 g/mol. The lowest BCUT2D eigenvalue weighted by Gasteiger charge is -2.01. The van der Waals surface area contributed by atoms with E-state index in [-0.39, 0.29) is 5.78 Å². The van der Waals surface area contributed by atoms with Crippen molar-refractivity contribution in [1.29, 1.82) is 0 Å². The minimum absolute atomic E-state index is 0.107. The van der Waals surface area contributed by atoms with Crippen LogP contribution in [0.5, 0.6) is 0 Å². The van der Waals surface area contributed by atoms with Gasteiger partial charge in [-0.15, -0.1) is 5.10 Å². The van der Waals surface area contributed by atoms with E-state index in [0.717, 1.165) is 11.3 Å². The molecule has 0 N–H and O–H groups in total. The van der Waals surface area contributed by atoms with Crippen molar-refractivity contribution in [2.24, 2.45) is 12.0 Å². The molecule has 5 nitrogen and oxygen atoms in total. The van der Waals surface area contributed by atoms with E-state index in [0.29, 0.717) is 18.0 Å². The SMILES string of the molecule is CC(=O)Cc1ccccc1N=c1oc(C)nn1C. The maximum absolute atomic E-state index is 11.2. The van der Waals surface area contributed by atoms with Gasteiger partial charge in [-0.1, -0.05) is 18.2 Å². The van der Waals surface area contributed by atoms with Gasteiger partial charge in [0, 0.05) is 20.4 Å². The smallest absolute Gasteiger partial charge is 0.320 e. The number of nitrogens with zero attached hydrogens (tertiary/aromatic N) is 3. The summed E-state index contributed by atoms with van der Waals surface area (Å²) in [7, 11) is 1.77. The average Bonchev–Trinajstić information content (AvgIpc) is 2.59. The first-order valence-electron chi connectivity index (χ1n) is 5.69. The summed E-state index contributed by atoms with van der Waals surface area (Å²) in [5.74, 6) is 0.663. The number of aromatic nitrogens is 2. The molecule has 0 radical (unpaired) electrons. The molecule has 0 spiro atoms. The third-order valence-electron chi connectivity index (χ3n) is 2.45. The van der Waals surface area contributed by atoms with Crippen molar-refractivity contribution in [2.45, 2.75) is 20.3 Å². The van der Waals surface area contributed by atoms with E-state index < -0.39 is 0 Å². The van der Waals surface area contributed by atoms with Gasteiger partial charge in [-0.2, -0.15) is 4.99 Å². The highest BCUT2D eigenvalue weighted by Gasteiger charge is 2.05. The number of rotatable bonds is 3. The Labute approximate surface area is 105 Å². The number of aryl methyl sites for hydroxylation is 2. The highest BCUT2D eigenvalue weighted by Crippen LogP contribution is 2.18. The fourth-order valence-electron chi connectivity index (χ4n) is 1.71. The third-order valence-corrected chi connectivity index (χ3v) is 2.45. The average molecular weight is 245 g/mol. The van der Waals surface area contributed by atoms with Gasteiger partial charge in [0.05, 0.1) is 5.69 Å². The second-order valence-electron chi connectivity index (χ2n) is 4.15. The topological polar surface area (TPSA) is 60.4 Å². The molecule has 1 aromatic carbocycles. The number of carbonyl (C=O) groups is 1. The van der Waals surface area contributed by atoms with Gasteiger partial charge in [0.2, 0.25) is 5.89 Å². The molecule has 0 atom stereocenters. The van der Waals surface area contributed by atoms with Crippen LogP contribution in [-0.4, -0.2) is 15.6 Å². The van der Waals surface area contributed by atoms with Crippen LogP contribution in [0.3, 0.4) is 0 Å². The van der Waals surface area contributed by atoms with Crippen LogP contribution in [0.1, 0.15) is 18.4 Å². The standard InChI is InChI=1S/C13H15N3O2/c1-9(17)8-11-6-4-5-7-12(11)14-13-16(3)15-10(2)18-13/h4-7H,8H2,1-3H3.